The number of hydrogen-bond donors (Lipinski definition) is 1. The van der Waals surface area contributed by atoms with Crippen LogP contribution in [0.15, 0.2) is 71.3 Å². The summed E-state index contributed by atoms with van der Waals surface area (Å²) in [5, 5.41) is 3.85. The topological polar surface area (TPSA) is 54.9 Å². The van der Waals surface area contributed by atoms with Gasteiger partial charge in [0, 0.05) is 21.9 Å². The van der Waals surface area contributed by atoms with Crippen LogP contribution in [0, 0.1) is 0 Å². The van der Waals surface area contributed by atoms with Crippen molar-refractivity contribution >= 4 is 49.2 Å². The van der Waals surface area contributed by atoms with Crippen molar-refractivity contribution in [2.45, 2.75) is 6.42 Å². The summed E-state index contributed by atoms with van der Waals surface area (Å²) in [5.74, 6) is -0.0377. The van der Waals surface area contributed by atoms with E-state index in [4.69, 9.17) is 0 Å². The fourth-order valence-corrected chi connectivity index (χ4v) is 3.76. The third-order valence-electron chi connectivity index (χ3n) is 3.86. The SMILES string of the molecule is O=C(Cc1ccc(Br)cc1)Nc1ccc(-c2nc3cccnc3s2)cc1. The monoisotopic (exact) mass is 423 g/mol. The highest BCUT2D eigenvalue weighted by atomic mass is 79.9. The number of fused-ring (bicyclic) bond motifs is 1. The predicted octanol–water partition coefficient (Wildman–Crippen LogP) is 5.30. The van der Waals surface area contributed by atoms with E-state index >= 15 is 0 Å². The molecule has 2 aromatic carbocycles. The molecule has 26 heavy (non-hydrogen) atoms. The van der Waals surface area contributed by atoms with Crippen molar-refractivity contribution in [3.05, 3.63) is 76.9 Å². The van der Waals surface area contributed by atoms with E-state index in [1.165, 1.54) is 0 Å². The van der Waals surface area contributed by atoms with Crippen LogP contribution in [0.3, 0.4) is 0 Å². The van der Waals surface area contributed by atoms with Gasteiger partial charge in [-0.05, 0) is 54.1 Å². The zero-order chi connectivity index (χ0) is 17.9. The minimum Gasteiger partial charge on any atom is -0.326 e. The Labute approximate surface area is 163 Å². The molecule has 0 atom stereocenters. The zero-order valence-corrected chi connectivity index (χ0v) is 16.0. The number of halogens is 1. The number of carbonyl (C=O) groups is 1. The van der Waals surface area contributed by atoms with Gasteiger partial charge in [-0.15, -0.1) is 0 Å². The second-order valence-electron chi connectivity index (χ2n) is 5.78. The van der Waals surface area contributed by atoms with Crippen LogP contribution in [0.2, 0.25) is 0 Å². The molecule has 4 nitrogen and oxygen atoms in total. The van der Waals surface area contributed by atoms with Gasteiger partial charge in [0.1, 0.15) is 15.4 Å². The van der Waals surface area contributed by atoms with Gasteiger partial charge in [0.05, 0.1) is 6.42 Å². The maximum Gasteiger partial charge on any atom is 0.228 e. The molecule has 0 radical (unpaired) electrons. The van der Waals surface area contributed by atoms with Gasteiger partial charge in [-0.1, -0.05) is 39.4 Å². The first-order chi connectivity index (χ1) is 12.7. The van der Waals surface area contributed by atoms with E-state index in [1.54, 1.807) is 17.5 Å². The molecule has 128 valence electrons. The Hall–Kier alpha value is -2.57. The number of rotatable bonds is 4. The van der Waals surface area contributed by atoms with Gasteiger partial charge in [0.2, 0.25) is 5.91 Å². The van der Waals surface area contributed by atoms with E-state index in [0.29, 0.717) is 6.42 Å². The molecule has 0 fully saturated rings. The number of aromatic nitrogens is 2. The van der Waals surface area contributed by atoms with Crippen LogP contribution in [-0.4, -0.2) is 15.9 Å². The van der Waals surface area contributed by atoms with Gasteiger partial charge in [0.15, 0.2) is 0 Å². The second kappa shape index (κ2) is 7.35. The van der Waals surface area contributed by atoms with E-state index < -0.39 is 0 Å². The lowest BCUT2D eigenvalue weighted by Crippen LogP contribution is -2.14. The summed E-state index contributed by atoms with van der Waals surface area (Å²) in [5.41, 5.74) is 3.66. The predicted molar refractivity (Wildman–Crippen MR) is 109 cm³/mol. The molecule has 2 heterocycles. The summed E-state index contributed by atoms with van der Waals surface area (Å²) in [7, 11) is 0. The van der Waals surface area contributed by atoms with Gasteiger partial charge in [-0.2, -0.15) is 0 Å². The molecule has 1 amide bonds. The van der Waals surface area contributed by atoms with Crippen LogP contribution in [0.1, 0.15) is 5.56 Å². The fraction of sp³-hybridized carbons (Fsp3) is 0.0500. The first kappa shape index (κ1) is 16.9. The van der Waals surface area contributed by atoms with E-state index in [0.717, 1.165) is 36.6 Å². The van der Waals surface area contributed by atoms with Crippen molar-refractivity contribution in [3.63, 3.8) is 0 Å². The van der Waals surface area contributed by atoms with Gasteiger partial charge >= 0.3 is 0 Å². The third-order valence-corrected chi connectivity index (χ3v) is 5.42. The van der Waals surface area contributed by atoms with Crippen LogP contribution in [-0.2, 0) is 11.2 Å². The van der Waals surface area contributed by atoms with Crippen LogP contribution in [0.4, 0.5) is 5.69 Å². The number of nitrogens with one attached hydrogen (secondary N) is 1. The molecule has 0 saturated heterocycles. The van der Waals surface area contributed by atoms with E-state index in [-0.39, 0.29) is 5.91 Å². The minimum atomic E-state index is -0.0377. The third kappa shape index (κ3) is 3.81. The standard InChI is InChI=1S/C20H14BrN3OS/c21-15-7-3-13(4-8-15)12-18(25)23-16-9-5-14(6-10-16)19-24-17-2-1-11-22-20(17)26-19/h1-11H,12H2,(H,23,25). The number of amides is 1. The van der Waals surface area contributed by atoms with E-state index in [2.05, 4.69) is 31.2 Å². The second-order valence-corrected chi connectivity index (χ2v) is 7.67. The molecule has 0 saturated carbocycles. The average Bonchev–Trinajstić information content (AvgIpc) is 3.08. The highest BCUT2D eigenvalue weighted by Gasteiger charge is 2.08. The minimum absolute atomic E-state index is 0.0377. The quantitative estimate of drug-likeness (QED) is 0.484. The lowest BCUT2D eigenvalue weighted by Gasteiger charge is -2.06. The van der Waals surface area contributed by atoms with Gasteiger partial charge < -0.3 is 5.32 Å². The van der Waals surface area contributed by atoms with E-state index in [9.17, 15) is 4.79 Å². The van der Waals surface area contributed by atoms with Gasteiger partial charge in [0.25, 0.3) is 0 Å². The summed E-state index contributed by atoms with van der Waals surface area (Å²) >= 11 is 4.95. The number of pyridine rings is 1. The largest absolute Gasteiger partial charge is 0.326 e. The van der Waals surface area contributed by atoms with Crippen molar-refractivity contribution in [3.8, 4) is 10.6 Å². The number of nitrogens with zero attached hydrogens (tertiary/aromatic N) is 2. The molecule has 0 spiro atoms. The summed E-state index contributed by atoms with van der Waals surface area (Å²) in [6.45, 7) is 0. The average molecular weight is 424 g/mol. The van der Waals surface area contributed by atoms with Crippen LogP contribution >= 0.6 is 27.3 Å². The Bertz CT molecular complexity index is 1030. The highest BCUT2D eigenvalue weighted by Crippen LogP contribution is 2.29. The van der Waals surface area contributed by atoms with Crippen molar-refractivity contribution < 1.29 is 4.79 Å². The molecular weight excluding hydrogens is 410 g/mol. The molecule has 1 N–H and O–H groups in total. The Kier molecular flexibility index (Phi) is 4.77. The van der Waals surface area contributed by atoms with Crippen LogP contribution < -0.4 is 5.32 Å². The molecule has 6 heteroatoms. The van der Waals surface area contributed by atoms with Crippen molar-refractivity contribution in [1.29, 1.82) is 0 Å². The normalized spacial score (nSPS) is 10.8. The highest BCUT2D eigenvalue weighted by molar-refractivity contribution is 9.10. The molecule has 4 rings (SSSR count). The molecule has 2 aromatic heterocycles. The van der Waals surface area contributed by atoms with Gasteiger partial charge in [-0.3, -0.25) is 4.79 Å². The van der Waals surface area contributed by atoms with Crippen molar-refractivity contribution in [2.24, 2.45) is 0 Å². The smallest absolute Gasteiger partial charge is 0.228 e. The maximum atomic E-state index is 12.2. The lowest BCUT2D eigenvalue weighted by atomic mass is 10.1. The summed E-state index contributed by atoms with van der Waals surface area (Å²) in [4.78, 5) is 22.1. The summed E-state index contributed by atoms with van der Waals surface area (Å²) in [6.07, 6.45) is 2.12. The maximum absolute atomic E-state index is 12.2. The molecule has 0 aliphatic heterocycles. The van der Waals surface area contributed by atoms with Crippen molar-refractivity contribution in [2.75, 3.05) is 5.32 Å². The molecule has 0 aliphatic rings. The molecular formula is C20H14BrN3OS. The summed E-state index contributed by atoms with van der Waals surface area (Å²) in [6, 6.07) is 19.3. The number of thiazole rings is 1. The van der Waals surface area contributed by atoms with Gasteiger partial charge in [-0.25, -0.2) is 9.97 Å². The van der Waals surface area contributed by atoms with Crippen LogP contribution in [0.25, 0.3) is 20.9 Å². The molecule has 0 bridgehead atoms. The fourth-order valence-electron chi connectivity index (χ4n) is 2.58. The number of anilines is 1. The Balaban J connectivity index is 1.45. The molecule has 4 aromatic rings. The van der Waals surface area contributed by atoms with Crippen LogP contribution in [0.5, 0.6) is 0 Å². The Morgan fingerprint density at radius 3 is 2.54 bits per heavy atom. The Morgan fingerprint density at radius 1 is 1.04 bits per heavy atom. The number of benzene rings is 2. The number of carbonyl (C=O) groups excluding carboxylic acids is 1. The zero-order valence-electron chi connectivity index (χ0n) is 13.6. The number of hydrogen-bond acceptors (Lipinski definition) is 4. The van der Waals surface area contributed by atoms with Crippen molar-refractivity contribution in [1.82, 2.24) is 9.97 Å². The molecule has 0 unspecified atom stereocenters. The first-order valence-electron chi connectivity index (χ1n) is 8.04. The summed E-state index contributed by atoms with van der Waals surface area (Å²) < 4.78 is 1.00. The van der Waals surface area contributed by atoms with E-state index in [1.807, 2.05) is 60.7 Å². The lowest BCUT2D eigenvalue weighted by molar-refractivity contribution is -0.115. The first-order valence-corrected chi connectivity index (χ1v) is 9.65. The molecule has 0 aliphatic carbocycles. The Morgan fingerprint density at radius 2 is 1.81 bits per heavy atom.